The molecule has 1 N–H and O–H groups in total. The Hall–Kier alpha value is -4.85. The summed E-state index contributed by atoms with van der Waals surface area (Å²) in [5.74, 6) is -0.386. The van der Waals surface area contributed by atoms with E-state index < -0.39 is 0 Å². The number of nitrogens with one attached hydrogen (secondary N) is 1. The van der Waals surface area contributed by atoms with E-state index >= 15 is 0 Å². The molecule has 0 unspecified atom stereocenters. The van der Waals surface area contributed by atoms with Crippen LogP contribution in [-0.4, -0.2) is 60.7 Å². The summed E-state index contributed by atoms with van der Waals surface area (Å²) in [6.45, 7) is 4.80. The second kappa shape index (κ2) is 13.2. The summed E-state index contributed by atoms with van der Waals surface area (Å²) in [4.78, 5) is 45.7. The van der Waals surface area contributed by atoms with Gasteiger partial charge in [-0.3, -0.25) is 14.4 Å². The molecule has 42 heavy (non-hydrogen) atoms. The Morgan fingerprint density at radius 1 is 0.881 bits per heavy atom. The molecule has 1 fully saturated rings. The monoisotopic (exact) mass is 564 g/mol. The van der Waals surface area contributed by atoms with Crippen molar-refractivity contribution in [2.45, 2.75) is 25.8 Å². The molecule has 1 aromatic heterocycles. The second-order valence-electron chi connectivity index (χ2n) is 10.5. The van der Waals surface area contributed by atoms with E-state index in [1.54, 1.807) is 36.2 Å². The van der Waals surface area contributed by atoms with Crippen LogP contribution in [0.5, 0.6) is 0 Å². The van der Waals surface area contributed by atoms with Crippen molar-refractivity contribution in [3.05, 3.63) is 120 Å². The molecular formula is C34H36N4O4. The van der Waals surface area contributed by atoms with Crippen LogP contribution in [0.1, 0.15) is 51.3 Å². The predicted octanol–water partition coefficient (Wildman–Crippen LogP) is 5.65. The van der Waals surface area contributed by atoms with Crippen molar-refractivity contribution in [2.24, 2.45) is 0 Å². The molecular weight excluding hydrogens is 528 g/mol. The SMILES string of the molecule is CC[C@@H](C(=O)N1CCN(c2ccc(NC(=O)c3ccco3)cc2C(=O)N(C)Cc2ccccc2)CC1)c1ccccc1. The van der Waals surface area contributed by atoms with Gasteiger partial charge >= 0.3 is 0 Å². The summed E-state index contributed by atoms with van der Waals surface area (Å²) >= 11 is 0. The summed E-state index contributed by atoms with van der Waals surface area (Å²) in [6, 6.07) is 28.4. The molecule has 0 aliphatic carbocycles. The number of carbonyl (C=O) groups is 3. The van der Waals surface area contributed by atoms with E-state index in [0.717, 1.165) is 23.2 Å². The third kappa shape index (κ3) is 6.54. The van der Waals surface area contributed by atoms with E-state index in [1.807, 2.05) is 78.6 Å². The second-order valence-corrected chi connectivity index (χ2v) is 10.5. The smallest absolute Gasteiger partial charge is 0.291 e. The fourth-order valence-electron chi connectivity index (χ4n) is 5.42. The maximum absolute atomic E-state index is 13.8. The van der Waals surface area contributed by atoms with Crippen molar-refractivity contribution >= 4 is 29.1 Å². The highest BCUT2D eigenvalue weighted by atomic mass is 16.3. The van der Waals surface area contributed by atoms with Gasteiger partial charge in [0.1, 0.15) is 0 Å². The first-order valence-corrected chi connectivity index (χ1v) is 14.3. The van der Waals surface area contributed by atoms with E-state index in [0.29, 0.717) is 44.0 Å². The first-order chi connectivity index (χ1) is 20.4. The summed E-state index contributed by atoms with van der Waals surface area (Å²) in [5.41, 5.74) is 3.82. The molecule has 8 nitrogen and oxygen atoms in total. The normalized spacial score (nSPS) is 13.9. The van der Waals surface area contributed by atoms with Crippen LogP contribution in [-0.2, 0) is 11.3 Å². The van der Waals surface area contributed by atoms with Gasteiger partial charge in [-0.2, -0.15) is 0 Å². The number of piperazine rings is 1. The van der Waals surface area contributed by atoms with Crippen molar-refractivity contribution in [1.82, 2.24) is 9.80 Å². The number of benzene rings is 3. The number of furan rings is 1. The van der Waals surface area contributed by atoms with Gasteiger partial charge in [0.2, 0.25) is 5.91 Å². The van der Waals surface area contributed by atoms with Crippen LogP contribution in [0, 0.1) is 0 Å². The van der Waals surface area contributed by atoms with Crippen molar-refractivity contribution in [1.29, 1.82) is 0 Å². The Labute approximate surface area is 246 Å². The maximum Gasteiger partial charge on any atom is 0.291 e. The van der Waals surface area contributed by atoms with E-state index in [9.17, 15) is 14.4 Å². The number of hydrogen-bond acceptors (Lipinski definition) is 5. The minimum Gasteiger partial charge on any atom is -0.459 e. The standard InChI is InChI=1S/C34H36N4O4/c1-3-28(26-13-8-5-9-14-26)34(41)38-20-18-37(19-21-38)30-17-16-27(35-32(39)31-15-10-22-42-31)23-29(30)33(40)36(2)24-25-11-6-4-7-12-25/h4-17,22-23,28H,3,18-21,24H2,1-2H3,(H,35,39)/t28-/m1/s1. The molecule has 1 atom stereocenters. The Morgan fingerprint density at radius 2 is 1.57 bits per heavy atom. The van der Waals surface area contributed by atoms with E-state index in [4.69, 9.17) is 4.42 Å². The summed E-state index contributed by atoms with van der Waals surface area (Å²) in [6.07, 6.45) is 2.18. The topological polar surface area (TPSA) is 86.1 Å². The molecule has 3 amide bonds. The first kappa shape index (κ1) is 28.7. The number of carbonyl (C=O) groups excluding carboxylic acids is 3. The Morgan fingerprint density at radius 3 is 2.21 bits per heavy atom. The molecule has 5 rings (SSSR count). The van der Waals surface area contributed by atoms with Crippen molar-refractivity contribution in [3.63, 3.8) is 0 Å². The number of nitrogens with zero attached hydrogens (tertiary/aromatic N) is 3. The lowest BCUT2D eigenvalue weighted by Crippen LogP contribution is -2.50. The maximum atomic E-state index is 13.8. The summed E-state index contributed by atoms with van der Waals surface area (Å²) in [5, 5.41) is 2.84. The first-order valence-electron chi connectivity index (χ1n) is 14.3. The van der Waals surface area contributed by atoms with Crippen molar-refractivity contribution in [2.75, 3.05) is 43.4 Å². The van der Waals surface area contributed by atoms with Crippen LogP contribution in [0.4, 0.5) is 11.4 Å². The Bertz CT molecular complexity index is 1500. The molecule has 2 heterocycles. The van der Waals surface area contributed by atoms with Crippen molar-refractivity contribution in [3.8, 4) is 0 Å². The van der Waals surface area contributed by atoms with Crippen molar-refractivity contribution < 1.29 is 18.8 Å². The van der Waals surface area contributed by atoms with Gasteiger partial charge < -0.3 is 24.4 Å². The lowest BCUT2D eigenvalue weighted by atomic mass is 9.94. The molecule has 3 aromatic carbocycles. The average Bonchev–Trinajstić information content (AvgIpc) is 3.58. The summed E-state index contributed by atoms with van der Waals surface area (Å²) in [7, 11) is 1.78. The average molecular weight is 565 g/mol. The lowest BCUT2D eigenvalue weighted by Gasteiger charge is -2.38. The molecule has 4 aromatic rings. The third-order valence-electron chi connectivity index (χ3n) is 7.68. The minimum atomic E-state index is -0.389. The van der Waals surface area contributed by atoms with E-state index in [2.05, 4.69) is 10.2 Å². The van der Waals surface area contributed by atoms with Gasteiger partial charge in [-0.1, -0.05) is 67.6 Å². The van der Waals surface area contributed by atoms with Crippen LogP contribution < -0.4 is 10.2 Å². The molecule has 8 heteroatoms. The van der Waals surface area contributed by atoms with Crippen LogP contribution in [0.15, 0.2) is 102 Å². The van der Waals surface area contributed by atoms with Gasteiger partial charge in [-0.25, -0.2) is 0 Å². The van der Waals surface area contributed by atoms with Gasteiger partial charge in [0, 0.05) is 51.1 Å². The zero-order chi connectivity index (χ0) is 29.5. The molecule has 1 saturated heterocycles. The molecule has 0 saturated carbocycles. The molecule has 1 aliphatic rings. The fraction of sp³-hybridized carbons (Fsp3) is 0.265. The van der Waals surface area contributed by atoms with E-state index in [-0.39, 0.29) is 29.4 Å². The number of hydrogen-bond donors (Lipinski definition) is 1. The number of rotatable bonds is 9. The van der Waals surface area contributed by atoms with Crippen LogP contribution in [0.3, 0.4) is 0 Å². The fourth-order valence-corrected chi connectivity index (χ4v) is 5.42. The highest BCUT2D eigenvalue weighted by Crippen LogP contribution is 2.29. The van der Waals surface area contributed by atoms with Crippen LogP contribution in [0.25, 0.3) is 0 Å². The molecule has 0 spiro atoms. The van der Waals surface area contributed by atoms with Crippen LogP contribution in [0.2, 0.25) is 0 Å². The summed E-state index contributed by atoms with van der Waals surface area (Å²) < 4.78 is 5.22. The van der Waals surface area contributed by atoms with E-state index in [1.165, 1.54) is 6.26 Å². The third-order valence-corrected chi connectivity index (χ3v) is 7.68. The number of anilines is 2. The lowest BCUT2D eigenvalue weighted by molar-refractivity contribution is -0.133. The minimum absolute atomic E-state index is 0.137. The van der Waals surface area contributed by atoms with Gasteiger partial charge in [0.05, 0.1) is 17.7 Å². The van der Waals surface area contributed by atoms with Gasteiger partial charge in [-0.05, 0) is 47.9 Å². The van der Waals surface area contributed by atoms with Crippen LogP contribution >= 0.6 is 0 Å². The zero-order valence-corrected chi connectivity index (χ0v) is 24.0. The quantitative estimate of drug-likeness (QED) is 0.284. The molecule has 216 valence electrons. The molecule has 1 aliphatic heterocycles. The Balaban J connectivity index is 1.35. The van der Waals surface area contributed by atoms with Gasteiger partial charge in [-0.15, -0.1) is 0 Å². The molecule has 0 radical (unpaired) electrons. The highest BCUT2D eigenvalue weighted by Gasteiger charge is 2.29. The number of amides is 3. The Kier molecular flexibility index (Phi) is 9.02. The zero-order valence-electron chi connectivity index (χ0n) is 24.0. The van der Waals surface area contributed by atoms with Gasteiger partial charge in [0.15, 0.2) is 5.76 Å². The van der Waals surface area contributed by atoms with Gasteiger partial charge in [0.25, 0.3) is 11.8 Å². The molecule has 0 bridgehead atoms. The predicted molar refractivity (Wildman–Crippen MR) is 164 cm³/mol. The largest absolute Gasteiger partial charge is 0.459 e. The highest BCUT2D eigenvalue weighted by molar-refractivity contribution is 6.05.